The van der Waals surface area contributed by atoms with Crippen LogP contribution in [0, 0.1) is 0 Å². The normalized spacial score (nSPS) is 16.1. The maximum Gasteiger partial charge on any atom is 0.306 e. The van der Waals surface area contributed by atoms with E-state index in [1.54, 1.807) is 0 Å². The summed E-state index contributed by atoms with van der Waals surface area (Å²) in [6, 6.07) is 0. The van der Waals surface area contributed by atoms with E-state index in [9.17, 15) is 9.59 Å². The first-order valence-corrected chi connectivity index (χ1v) is 15.7. The van der Waals surface area contributed by atoms with Gasteiger partial charge in [-0.05, 0) is 57.9 Å². The molecule has 5 nitrogen and oxygen atoms in total. The minimum Gasteiger partial charge on any atom is -0.462 e. The van der Waals surface area contributed by atoms with Gasteiger partial charge in [-0.25, -0.2) is 0 Å². The van der Waals surface area contributed by atoms with Crippen molar-refractivity contribution >= 4 is 11.9 Å². The Balaban J connectivity index is 2.19. The molecular formula is C31H59NO4. The zero-order chi connectivity index (χ0) is 26.3. The van der Waals surface area contributed by atoms with Gasteiger partial charge in [0, 0.05) is 25.9 Å². The Labute approximate surface area is 223 Å². The van der Waals surface area contributed by atoms with Crippen LogP contribution in [0.15, 0.2) is 0 Å². The van der Waals surface area contributed by atoms with Crippen LogP contribution in [-0.2, 0) is 19.1 Å². The molecule has 0 N–H and O–H groups in total. The second kappa shape index (κ2) is 23.0. The predicted octanol–water partition coefficient (Wildman–Crippen LogP) is 8.38. The van der Waals surface area contributed by atoms with E-state index < -0.39 is 0 Å². The van der Waals surface area contributed by atoms with Gasteiger partial charge in [0.15, 0.2) is 0 Å². The molecule has 1 rings (SSSR count). The van der Waals surface area contributed by atoms with E-state index in [-0.39, 0.29) is 24.1 Å². The lowest BCUT2D eigenvalue weighted by Crippen LogP contribution is -2.25. The summed E-state index contributed by atoms with van der Waals surface area (Å²) >= 11 is 0. The van der Waals surface area contributed by atoms with Crippen LogP contribution < -0.4 is 0 Å². The summed E-state index contributed by atoms with van der Waals surface area (Å²) in [5.41, 5.74) is 0. The van der Waals surface area contributed by atoms with Crippen molar-refractivity contribution in [2.24, 2.45) is 0 Å². The van der Waals surface area contributed by atoms with E-state index >= 15 is 0 Å². The number of hydrogen-bond acceptors (Lipinski definition) is 5. The molecule has 36 heavy (non-hydrogen) atoms. The first kappa shape index (κ1) is 32.9. The van der Waals surface area contributed by atoms with Gasteiger partial charge in [0.25, 0.3) is 0 Å². The number of rotatable bonds is 24. The molecule has 5 heteroatoms. The van der Waals surface area contributed by atoms with Crippen molar-refractivity contribution in [2.75, 3.05) is 19.6 Å². The molecule has 0 aromatic carbocycles. The third kappa shape index (κ3) is 18.2. The highest BCUT2D eigenvalue weighted by atomic mass is 16.5. The van der Waals surface area contributed by atoms with Crippen molar-refractivity contribution in [3.8, 4) is 0 Å². The van der Waals surface area contributed by atoms with Crippen LogP contribution in [0.25, 0.3) is 0 Å². The highest BCUT2D eigenvalue weighted by Crippen LogP contribution is 2.19. The minimum atomic E-state index is -0.0610. The van der Waals surface area contributed by atoms with Gasteiger partial charge in [-0.1, -0.05) is 91.4 Å². The van der Waals surface area contributed by atoms with Gasteiger partial charge >= 0.3 is 11.9 Å². The fourth-order valence-corrected chi connectivity index (χ4v) is 5.14. The Morgan fingerprint density at radius 2 is 1.28 bits per heavy atom. The minimum absolute atomic E-state index is 0.000962. The fourth-order valence-electron chi connectivity index (χ4n) is 5.14. The molecule has 1 aliphatic rings. The molecule has 0 aromatic heterocycles. The molecule has 0 aliphatic carbocycles. The lowest BCUT2D eigenvalue weighted by atomic mass is 10.0. The molecule has 0 aromatic rings. The Hall–Kier alpha value is -1.10. The monoisotopic (exact) mass is 509 g/mol. The van der Waals surface area contributed by atoms with Crippen molar-refractivity contribution in [1.29, 1.82) is 0 Å². The number of unbranched alkanes of at least 4 members (excludes halogenated alkanes) is 12. The number of esters is 2. The maximum atomic E-state index is 12.5. The molecule has 0 radical (unpaired) electrons. The lowest BCUT2D eigenvalue weighted by molar-refractivity contribution is -0.150. The average Bonchev–Trinajstić information content (AvgIpc) is 3.30. The molecule has 1 heterocycles. The van der Waals surface area contributed by atoms with Crippen LogP contribution >= 0.6 is 0 Å². The van der Waals surface area contributed by atoms with Crippen molar-refractivity contribution in [1.82, 2.24) is 4.90 Å². The number of ether oxygens (including phenoxy) is 2. The first-order valence-electron chi connectivity index (χ1n) is 15.7. The molecule has 1 unspecified atom stereocenters. The van der Waals surface area contributed by atoms with E-state index in [4.69, 9.17) is 9.47 Å². The number of likely N-dealkylation sites (tertiary alicyclic amines) is 1. The van der Waals surface area contributed by atoms with Crippen LogP contribution in [-0.4, -0.2) is 48.7 Å². The number of nitrogens with zero attached hydrogens (tertiary/aromatic N) is 1. The summed E-state index contributed by atoms with van der Waals surface area (Å²) in [5.74, 6) is -0.0600. The summed E-state index contributed by atoms with van der Waals surface area (Å²) < 4.78 is 11.5. The molecule has 0 saturated carbocycles. The number of hydrogen-bond donors (Lipinski definition) is 0. The highest BCUT2D eigenvalue weighted by Gasteiger charge is 2.24. The second-order valence-electron chi connectivity index (χ2n) is 11.0. The summed E-state index contributed by atoms with van der Waals surface area (Å²) in [5, 5.41) is 0. The summed E-state index contributed by atoms with van der Waals surface area (Å²) in [6.07, 6.45) is 23.6. The van der Waals surface area contributed by atoms with E-state index in [0.29, 0.717) is 12.8 Å². The van der Waals surface area contributed by atoms with Gasteiger partial charge in [-0.3, -0.25) is 14.5 Å². The van der Waals surface area contributed by atoms with E-state index in [2.05, 4.69) is 18.7 Å². The van der Waals surface area contributed by atoms with Crippen molar-refractivity contribution in [3.05, 3.63) is 0 Å². The predicted molar refractivity (Wildman–Crippen MR) is 150 cm³/mol. The summed E-state index contributed by atoms with van der Waals surface area (Å²) in [4.78, 5) is 26.6. The summed E-state index contributed by atoms with van der Waals surface area (Å²) in [6.45, 7) is 9.40. The van der Waals surface area contributed by atoms with Crippen LogP contribution in [0.1, 0.15) is 156 Å². The van der Waals surface area contributed by atoms with Gasteiger partial charge in [-0.2, -0.15) is 0 Å². The van der Waals surface area contributed by atoms with Crippen LogP contribution in [0.3, 0.4) is 0 Å². The zero-order valence-electron chi connectivity index (χ0n) is 24.2. The van der Waals surface area contributed by atoms with Crippen LogP contribution in [0.5, 0.6) is 0 Å². The standard InChI is InChI=1S/C31H59NO4/c1-4-7-9-11-13-16-21-28(22-17-14-12-10-8-5-2)35-31(34)23-18-15-19-25-32-26-24-29(27-32)36-30(33)20-6-3/h28-29H,4-27H2,1-3H3. The highest BCUT2D eigenvalue weighted by molar-refractivity contribution is 5.69. The van der Waals surface area contributed by atoms with Gasteiger partial charge in [0.05, 0.1) is 0 Å². The van der Waals surface area contributed by atoms with E-state index in [0.717, 1.165) is 64.6 Å². The zero-order valence-corrected chi connectivity index (χ0v) is 24.2. The fraction of sp³-hybridized carbons (Fsp3) is 0.935. The van der Waals surface area contributed by atoms with E-state index in [1.165, 1.54) is 77.0 Å². The molecule has 1 fully saturated rings. The molecule has 212 valence electrons. The van der Waals surface area contributed by atoms with E-state index in [1.807, 2.05) is 6.92 Å². The molecule has 0 amide bonds. The third-order valence-corrected chi connectivity index (χ3v) is 7.39. The van der Waals surface area contributed by atoms with Gasteiger partial charge in [-0.15, -0.1) is 0 Å². The molecule has 1 aliphatic heterocycles. The third-order valence-electron chi connectivity index (χ3n) is 7.39. The smallest absolute Gasteiger partial charge is 0.306 e. The maximum absolute atomic E-state index is 12.5. The Kier molecular flexibility index (Phi) is 21.1. The van der Waals surface area contributed by atoms with Gasteiger partial charge < -0.3 is 9.47 Å². The Morgan fingerprint density at radius 3 is 1.89 bits per heavy atom. The largest absolute Gasteiger partial charge is 0.462 e. The Bertz CT molecular complexity index is 523. The molecule has 0 bridgehead atoms. The quantitative estimate of drug-likeness (QED) is 0.0966. The van der Waals surface area contributed by atoms with Crippen molar-refractivity contribution in [2.45, 2.75) is 168 Å². The molecule has 0 spiro atoms. The number of carbonyl (C=O) groups excluding carboxylic acids is 2. The molecule has 1 saturated heterocycles. The first-order chi connectivity index (χ1) is 17.6. The van der Waals surface area contributed by atoms with Gasteiger partial charge in [0.2, 0.25) is 0 Å². The number of carbonyl (C=O) groups is 2. The second-order valence-corrected chi connectivity index (χ2v) is 11.0. The molecule has 1 atom stereocenters. The SMILES string of the molecule is CCCCCCCCC(CCCCCCCC)OC(=O)CCCCCN1CCC(OC(=O)CCC)C1. The van der Waals surface area contributed by atoms with Crippen LogP contribution in [0.2, 0.25) is 0 Å². The molecular weight excluding hydrogens is 450 g/mol. The average molecular weight is 510 g/mol. The van der Waals surface area contributed by atoms with Gasteiger partial charge in [0.1, 0.15) is 12.2 Å². The summed E-state index contributed by atoms with van der Waals surface area (Å²) in [7, 11) is 0. The lowest BCUT2D eigenvalue weighted by Gasteiger charge is -2.18. The van der Waals surface area contributed by atoms with Crippen LogP contribution in [0.4, 0.5) is 0 Å². The van der Waals surface area contributed by atoms with Crippen molar-refractivity contribution in [3.63, 3.8) is 0 Å². The van der Waals surface area contributed by atoms with Crippen molar-refractivity contribution < 1.29 is 19.1 Å². The Morgan fingerprint density at radius 1 is 0.694 bits per heavy atom. The topological polar surface area (TPSA) is 55.8 Å².